The van der Waals surface area contributed by atoms with E-state index in [1.807, 2.05) is 31.4 Å². The highest BCUT2D eigenvalue weighted by molar-refractivity contribution is 6.07. The van der Waals surface area contributed by atoms with Crippen molar-refractivity contribution in [2.45, 2.75) is 19.5 Å². The number of anilines is 1. The molecular weight excluding hydrogens is 336 g/mol. The van der Waals surface area contributed by atoms with Crippen LogP contribution in [-0.4, -0.2) is 32.6 Å². The second-order valence-corrected chi connectivity index (χ2v) is 6.94. The highest BCUT2D eigenvalue weighted by Gasteiger charge is 2.27. The summed E-state index contributed by atoms with van der Waals surface area (Å²) in [6.07, 6.45) is 5.66. The Labute approximate surface area is 156 Å². The number of nitrogens with zero attached hydrogens (tertiary/aromatic N) is 4. The van der Waals surface area contributed by atoms with Gasteiger partial charge in [0.2, 0.25) is 0 Å². The van der Waals surface area contributed by atoms with Crippen LogP contribution in [0.15, 0.2) is 48.9 Å². The zero-order valence-electron chi connectivity index (χ0n) is 15.3. The number of aromatic nitrogens is 4. The Morgan fingerprint density at radius 1 is 1.19 bits per heavy atom. The average molecular weight is 356 g/mol. The Bertz CT molecular complexity index is 1220. The van der Waals surface area contributed by atoms with Crippen molar-refractivity contribution in [1.29, 1.82) is 0 Å². The maximum atomic E-state index is 6.26. The molecule has 0 fully saturated rings. The number of fused-ring (bicyclic) bond motifs is 4. The maximum Gasteiger partial charge on any atom is 0.146 e. The topological polar surface area (TPSA) is 81.7 Å². The summed E-state index contributed by atoms with van der Waals surface area (Å²) in [5, 5.41) is 5.34. The molecule has 5 rings (SSSR count). The Hall–Kier alpha value is -3.25. The zero-order chi connectivity index (χ0) is 18.5. The van der Waals surface area contributed by atoms with Crippen LogP contribution >= 0.6 is 0 Å². The first kappa shape index (κ1) is 16.0. The van der Waals surface area contributed by atoms with Gasteiger partial charge in [0.25, 0.3) is 0 Å². The third-order valence-electron chi connectivity index (χ3n) is 5.19. The molecule has 0 radical (unpaired) electrons. The Morgan fingerprint density at radius 2 is 2.04 bits per heavy atom. The fourth-order valence-electron chi connectivity index (χ4n) is 4.10. The normalized spacial score (nSPS) is 16.4. The highest BCUT2D eigenvalue weighted by atomic mass is 15.1. The summed E-state index contributed by atoms with van der Waals surface area (Å²) in [6, 6.07) is 10.3. The lowest BCUT2D eigenvalue weighted by atomic mass is 9.97. The van der Waals surface area contributed by atoms with Gasteiger partial charge in [0.1, 0.15) is 17.8 Å². The molecule has 0 saturated carbocycles. The molecule has 1 aromatic carbocycles. The van der Waals surface area contributed by atoms with E-state index in [9.17, 15) is 0 Å². The first-order chi connectivity index (χ1) is 13.2. The van der Waals surface area contributed by atoms with Crippen molar-refractivity contribution in [3.63, 3.8) is 0 Å². The van der Waals surface area contributed by atoms with E-state index in [1.165, 1.54) is 0 Å². The fourth-order valence-corrected chi connectivity index (χ4v) is 4.10. The molecule has 1 aliphatic rings. The van der Waals surface area contributed by atoms with Crippen LogP contribution in [0, 0.1) is 0 Å². The van der Waals surface area contributed by atoms with Crippen molar-refractivity contribution < 1.29 is 0 Å². The number of pyridine rings is 1. The minimum absolute atomic E-state index is 0.0244. The first-order valence-electron chi connectivity index (χ1n) is 9.02. The molecule has 0 unspecified atom stereocenters. The van der Waals surface area contributed by atoms with Gasteiger partial charge < -0.3 is 15.6 Å². The van der Waals surface area contributed by atoms with Gasteiger partial charge in [-0.05, 0) is 24.6 Å². The lowest BCUT2D eigenvalue weighted by molar-refractivity contribution is 0.625. The molecule has 4 aromatic rings. The van der Waals surface area contributed by atoms with Gasteiger partial charge in [0.15, 0.2) is 0 Å². The first-order valence-corrected chi connectivity index (χ1v) is 9.02. The van der Waals surface area contributed by atoms with Crippen LogP contribution < -0.4 is 11.1 Å². The fraction of sp³-hybridized carbons (Fsp3) is 0.190. The lowest BCUT2D eigenvalue weighted by Gasteiger charge is -2.21. The summed E-state index contributed by atoms with van der Waals surface area (Å²) in [7, 11) is 1.88. The highest BCUT2D eigenvalue weighted by Crippen LogP contribution is 2.42. The monoisotopic (exact) mass is 356 g/mol. The van der Waals surface area contributed by atoms with Gasteiger partial charge in [-0.2, -0.15) is 0 Å². The number of hydrogen-bond donors (Lipinski definition) is 2. The zero-order valence-corrected chi connectivity index (χ0v) is 15.3. The molecular formula is C21H20N6. The minimum Gasteiger partial charge on any atom is -0.372 e. The quantitative estimate of drug-likeness (QED) is 0.575. The van der Waals surface area contributed by atoms with Crippen LogP contribution in [0.4, 0.5) is 5.82 Å². The van der Waals surface area contributed by atoms with E-state index in [1.54, 1.807) is 6.33 Å². The second-order valence-electron chi connectivity index (χ2n) is 6.94. The third-order valence-corrected chi connectivity index (χ3v) is 5.19. The van der Waals surface area contributed by atoms with E-state index in [-0.39, 0.29) is 6.04 Å². The van der Waals surface area contributed by atoms with Crippen molar-refractivity contribution in [3.05, 3.63) is 54.6 Å². The molecule has 0 aliphatic carbocycles. The molecule has 3 aromatic heterocycles. The van der Waals surface area contributed by atoms with Crippen LogP contribution in [0.1, 0.15) is 12.6 Å². The molecule has 1 atom stereocenters. The molecule has 0 amide bonds. The van der Waals surface area contributed by atoms with Crippen molar-refractivity contribution >= 4 is 33.3 Å². The van der Waals surface area contributed by atoms with E-state index in [0.29, 0.717) is 6.54 Å². The standard InChI is InChI=1S/C21H20N6/c1-12-7-15(22)10-27-19(12)17(18-20(23-2)25-11-26-21(18)27)14-8-13-5-3-4-6-16(13)24-9-14/h3-9,11,15H,10,22H2,1-2H3,(H,23,25,26)/t15-/m1/s1. The van der Waals surface area contributed by atoms with E-state index in [0.717, 1.165) is 50.1 Å². The van der Waals surface area contributed by atoms with Gasteiger partial charge in [0, 0.05) is 42.3 Å². The molecule has 134 valence electrons. The molecule has 27 heavy (non-hydrogen) atoms. The molecule has 6 heteroatoms. The summed E-state index contributed by atoms with van der Waals surface area (Å²) in [4.78, 5) is 13.7. The summed E-state index contributed by atoms with van der Waals surface area (Å²) in [5.74, 6) is 0.812. The van der Waals surface area contributed by atoms with Crippen molar-refractivity contribution in [3.8, 4) is 11.1 Å². The Balaban J connectivity index is 1.91. The number of nitrogens with two attached hydrogens (primary N) is 1. The van der Waals surface area contributed by atoms with Crippen molar-refractivity contribution in [1.82, 2.24) is 19.5 Å². The third kappa shape index (κ3) is 2.34. The molecule has 0 spiro atoms. The van der Waals surface area contributed by atoms with Crippen LogP contribution in [0.3, 0.4) is 0 Å². The van der Waals surface area contributed by atoms with E-state index in [2.05, 4.69) is 50.0 Å². The van der Waals surface area contributed by atoms with Gasteiger partial charge >= 0.3 is 0 Å². The minimum atomic E-state index is -0.0244. The number of rotatable bonds is 2. The number of para-hydroxylation sites is 1. The maximum absolute atomic E-state index is 6.26. The van der Waals surface area contributed by atoms with Crippen molar-refractivity contribution in [2.75, 3.05) is 12.4 Å². The average Bonchev–Trinajstić information content (AvgIpc) is 3.02. The van der Waals surface area contributed by atoms with Crippen molar-refractivity contribution in [2.24, 2.45) is 5.73 Å². The number of nitrogens with one attached hydrogen (secondary N) is 1. The van der Waals surface area contributed by atoms with Gasteiger partial charge in [-0.1, -0.05) is 24.3 Å². The second kappa shape index (κ2) is 5.89. The molecule has 3 N–H and O–H groups in total. The van der Waals surface area contributed by atoms with Gasteiger partial charge in [0.05, 0.1) is 16.6 Å². The summed E-state index contributed by atoms with van der Waals surface area (Å²) in [5.41, 5.74) is 12.6. The number of hydrogen-bond acceptors (Lipinski definition) is 5. The summed E-state index contributed by atoms with van der Waals surface area (Å²) in [6.45, 7) is 2.80. The summed E-state index contributed by atoms with van der Waals surface area (Å²) >= 11 is 0. The largest absolute Gasteiger partial charge is 0.372 e. The Kier molecular flexibility index (Phi) is 3.48. The van der Waals surface area contributed by atoms with E-state index in [4.69, 9.17) is 5.73 Å². The number of allylic oxidation sites excluding steroid dienone is 1. The van der Waals surface area contributed by atoms with E-state index < -0.39 is 0 Å². The molecule has 4 heterocycles. The lowest BCUT2D eigenvalue weighted by Crippen LogP contribution is -2.28. The molecule has 1 aliphatic heterocycles. The van der Waals surface area contributed by atoms with Crippen LogP contribution in [0.5, 0.6) is 0 Å². The molecule has 0 saturated heterocycles. The van der Waals surface area contributed by atoms with E-state index >= 15 is 0 Å². The number of benzene rings is 1. The SMILES string of the molecule is CNc1ncnc2c1c(-c1cnc3ccccc3c1)c1n2C[C@H](N)C=C1C. The molecule has 0 bridgehead atoms. The van der Waals surface area contributed by atoms with Crippen LogP contribution in [0.2, 0.25) is 0 Å². The molecule has 6 nitrogen and oxygen atoms in total. The van der Waals surface area contributed by atoms with Crippen LogP contribution in [-0.2, 0) is 6.54 Å². The van der Waals surface area contributed by atoms with Crippen LogP contribution in [0.25, 0.3) is 38.6 Å². The Morgan fingerprint density at radius 3 is 2.89 bits per heavy atom. The van der Waals surface area contributed by atoms with Gasteiger partial charge in [-0.25, -0.2) is 9.97 Å². The van der Waals surface area contributed by atoms with Gasteiger partial charge in [-0.15, -0.1) is 0 Å². The predicted octanol–water partition coefficient (Wildman–Crippen LogP) is 3.43. The predicted molar refractivity (Wildman–Crippen MR) is 109 cm³/mol. The summed E-state index contributed by atoms with van der Waals surface area (Å²) < 4.78 is 2.21. The van der Waals surface area contributed by atoms with Gasteiger partial charge in [-0.3, -0.25) is 4.98 Å². The smallest absolute Gasteiger partial charge is 0.146 e.